The first-order chi connectivity index (χ1) is 11.9. The summed E-state index contributed by atoms with van der Waals surface area (Å²) in [6, 6.07) is 15.0. The number of halogens is 3. The van der Waals surface area contributed by atoms with Gasteiger partial charge in [0.15, 0.2) is 0 Å². The van der Waals surface area contributed by atoms with E-state index in [-0.39, 0.29) is 0 Å². The molecule has 4 aromatic heterocycles. The molecule has 0 aliphatic heterocycles. The zero-order chi connectivity index (χ0) is 17.6. The molecule has 0 amide bonds. The molecule has 4 aromatic rings. The molecule has 0 fully saturated rings. The number of aryl methyl sites for hydroxylation is 1. The monoisotopic (exact) mass is 412 g/mol. The van der Waals surface area contributed by atoms with Gasteiger partial charge < -0.3 is 0 Å². The van der Waals surface area contributed by atoms with Crippen LogP contribution >= 0.6 is 45.3 Å². The van der Waals surface area contributed by atoms with E-state index in [2.05, 4.69) is 31.2 Å². The van der Waals surface area contributed by atoms with Gasteiger partial charge in [0, 0.05) is 34.1 Å². The van der Waals surface area contributed by atoms with Crippen LogP contribution in [0.15, 0.2) is 48.5 Å². The van der Waals surface area contributed by atoms with Crippen LogP contribution in [0.4, 0.5) is 13.2 Å². The molecule has 0 saturated carbocycles. The molecule has 7 heteroatoms. The Labute approximate surface area is 158 Å². The van der Waals surface area contributed by atoms with E-state index in [1.165, 1.54) is 26.0 Å². The average molecular weight is 413 g/mol. The Kier molecular flexibility index (Phi) is 4.35. The molecule has 0 bridgehead atoms. The third-order valence-corrected chi connectivity index (χ3v) is 8.45. The van der Waals surface area contributed by atoms with Gasteiger partial charge in [0.1, 0.15) is 4.88 Å². The lowest BCUT2D eigenvalue weighted by Crippen LogP contribution is -2.00. The molecular weight excluding hydrogens is 401 g/mol. The maximum atomic E-state index is 12.8. The Bertz CT molecular complexity index is 1010. The molecule has 0 unspecified atom stereocenters. The zero-order valence-electron chi connectivity index (χ0n) is 12.9. The smallest absolute Gasteiger partial charge is 0.165 e. The molecule has 4 rings (SSSR count). The molecule has 0 aliphatic carbocycles. The molecule has 0 aromatic carbocycles. The quantitative estimate of drug-likeness (QED) is 0.318. The molecule has 0 N–H and O–H groups in total. The lowest BCUT2D eigenvalue weighted by atomic mass is 10.3. The summed E-state index contributed by atoms with van der Waals surface area (Å²) >= 11 is 5.81. The van der Waals surface area contributed by atoms with Gasteiger partial charge in [-0.3, -0.25) is 0 Å². The Morgan fingerprint density at radius 3 is 1.36 bits per heavy atom. The van der Waals surface area contributed by atoms with Gasteiger partial charge in [-0.25, -0.2) is 0 Å². The van der Waals surface area contributed by atoms with E-state index in [1.54, 1.807) is 28.7 Å². The predicted molar refractivity (Wildman–Crippen MR) is 104 cm³/mol. The normalized spacial score (nSPS) is 12.0. The number of hydrogen-bond acceptors (Lipinski definition) is 4. The minimum Gasteiger partial charge on any atom is -0.165 e. The van der Waals surface area contributed by atoms with Crippen molar-refractivity contribution in [3.63, 3.8) is 0 Å². The van der Waals surface area contributed by atoms with E-state index in [0.717, 1.165) is 32.0 Å². The van der Waals surface area contributed by atoms with Gasteiger partial charge in [0.25, 0.3) is 0 Å². The van der Waals surface area contributed by atoms with Gasteiger partial charge >= 0.3 is 6.18 Å². The topological polar surface area (TPSA) is 0 Å². The van der Waals surface area contributed by atoms with E-state index in [4.69, 9.17) is 0 Å². The second kappa shape index (κ2) is 6.39. The van der Waals surface area contributed by atoms with Crippen LogP contribution in [0.3, 0.4) is 0 Å². The van der Waals surface area contributed by atoms with Gasteiger partial charge in [0.2, 0.25) is 0 Å². The van der Waals surface area contributed by atoms with E-state index >= 15 is 0 Å². The van der Waals surface area contributed by atoms with Crippen LogP contribution in [0.25, 0.3) is 29.3 Å². The molecule has 128 valence electrons. The van der Waals surface area contributed by atoms with Gasteiger partial charge in [-0.15, -0.1) is 45.3 Å². The van der Waals surface area contributed by atoms with Crippen molar-refractivity contribution in [3.8, 4) is 29.3 Å². The van der Waals surface area contributed by atoms with Crippen LogP contribution in [-0.4, -0.2) is 0 Å². The van der Waals surface area contributed by atoms with Crippen LogP contribution in [0.5, 0.6) is 0 Å². The van der Waals surface area contributed by atoms with Crippen LogP contribution in [0, 0.1) is 6.92 Å². The Morgan fingerprint density at radius 1 is 0.560 bits per heavy atom. The highest BCUT2D eigenvalue weighted by atomic mass is 32.1. The first-order valence-corrected chi connectivity index (χ1v) is 10.6. The van der Waals surface area contributed by atoms with Crippen molar-refractivity contribution >= 4 is 45.3 Å². The van der Waals surface area contributed by atoms with Crippen molar-refractivity contribution in [3.05, 3.63) is 58.3 Å². The third kappa shape index (κ3) is 3.46. The standard InChI is InChI=1S/C18H11F3S4/c1-10-2-3-11(22-10)12-4-5-13(23-12)14-6-7-15(24-14)16-8-9-17(25-16)18(19,20)21/h2-9H,1H3. The van der Waals surface area contributed by atoms with E-state index in [1.807, 2.05) is 12.1 Å². The van der Waals surface area contributed by atoms with Crippen LogP contribution < -0.4 is 0 Å². The summed E-state index contributed by atoms with van der Waals surface area (Å²) in [4.78, 5) is 6.96. The molecule has 0 atom stereocenters. The van der Waals surface area contributed by atoms with Gasteiger partial charge in [-0.2, -0.15) is 13.2 Å². The van der Waals surface area contributed by atoms with Gasteiger partial charge in [-0.05, 0) is 55.5 Å². The molecule has 0 radical (unpaired) electrons. The summed E-state index contributed by atoms with van der Waals surface area (Å²) in [5.41, 5.74) is 0. The Morgan fingerprint density at radius 2 is 0.960 bits per heavy atom. The number of rotatable bonds is 3. The van der Waals surface area contributed by atoms with Crippen LogP contribution in [0.1, 0.15) is 9.75 Å². The van der Waals surface area contributed by atoms with Gasteiger partial charge in [0.05, 0.1) is 0 Å². The summed E-state index contributed by atoms with van der Waals surface area (Å²) in [7, 11) is 0. The molecule has 0 nitrogen and oxygen atoms in total. The maximum Gasteiger partial charge on any atom is 0.425 e. The molecule has 4 heterocycles. The minimum absolute atomic E-state index is 0.552. The fraction of sp³-hybridized carbons (Fsp3) is 0.111. The highest BCUT2D eigenvalue weighted by Gasteiger charge is 2.32. The maximum absolute atomic E-state index is 12.8. The van der Waals surface area contributed by atoms with Crippen LogP contribution in [-0.2, 0) is 6.18 Å². The molecule has 0 spiro atoms. The Balaban J connectivity index is 1.61. The highest BCUT2D eigenvalue weighted by Crippen LogP contribution is 2.44. The van der Waals surface area contributed by atoms with Crippen LogP contribution in [0.2, 0.25) is 0 Å². The third-order valence-electron chi connectivity index (χ3n) is 3.57. The second-order valence-electron chi connectivity index (χ2n) is 5.40. The summed E-state index contributed by atoms with van der Waals surface area (Å²) in [5, 5.41) is 0. The minimum atomic E-state index is -4.27. The van der Waals surface area contributed by atoms with Crippen molar-refractivity contribution in [2.45, 2.75) is 13.1 Å². The van der Waals surface area contributed by atoms with Crippen molar-refractivity contribution in [1.29, 1.82) is 0 Å². The van der Waals surface area contributed by atoms with Crippen molar-refractivity contribution in [1.82, 2.24) is 0 Å². The van der Waals surface area contributed by atoms with Crippen molar-refractivity contribution in [2.24, 2.45) is 0 Å². The lowest BCUT2D eigenvalue weighted by Gasteiger charge is -2.00. The largest absolute Gasteiger partial charge is 0.425 e. The Hall–Kier alpha value is -1.41. The molecule has 25 heavy (non-hydrogen) atoms. The average Bonchev–Trinajstić information content (AvgIpc) is 3.31. The number of thiophene rings is 4. The molecule has 0 aliphatic rings. The van der Waals surface area contributed by atoms with E-state index in [9.17, 15) is 13.2 Å². The summed E-state index contributed by atoms with van der Waals surface area (Å²) < 4.78 is 38.3. The molecule has 0 saturated heterocycles. The fourth-order valence-corrected chi connectivity index (χ4v) is 6.42. The number of alkyl halides is 3. The predicted octanol–water partition coefficient (Wildman–Crippen LogP) is 8.26. The zero-order valence-corrected chi connectivity index (χ0v) is 16.2. The van der Waals surface area contributed by atoms with E-state index < -0.39 is 11.1 Å². The molecular formula is C18H11F3S4. The number of hydrogen-bond donors (Lipinski definition) is 0. The van der Waals surface area contributed by atoms with E-state index in [0.29, 0.717) is 4.88 Å². The van der Waals surface area contributed by atoms with Gasteiger partial charge in [-0.1, -0.05) is 0 Å². The second-order valence-corrected chi connectivity index (χ2v) is 9.94. The first kappa shape index (κ1) is 17.0. The first-order valence-electron chi connectivity index (χ1n) is 7.34. The SMILES string of the molecule is Cc1ccc(-c2ccc(-c3ccc(-c4ccc(C(F)(F)F)s4)s3)s2)s1. The summed E-state index contributed by atoms with van der Waals surface area (Å²) in [6.45, 7) is 2.09. The van der Waals surface area contributed by atoms with Crippen molar-refractivity contribution in [2.75, 3.05) is 0 Å². The lowest BCUT2D eigenvalue weighted by molar-refractivity contribution is -0.134. The fourth-order valence-electron chi connectivity index (χ4n) is 2.40. The van der Waals surface area contributed by atoms with Crippen molar-refractivity contribution < 1.29 is 13.2 Å². The summed E-state index contributed by atoms with van der Waals surface area (Å²) in [5.74, 6) is 0. The highest BCUT2D eigenvalue weighted by molar-refractivity contribution is 7.28. The summed E-state index contributed by atoms with van der Waals surface area (Å²) in [6.07, 6.45) is -4.27.